The molecule has 0 aliphatic heterocycles. The fraction of sp³-hybridized carbons (Fsp3) is 0.0811. The van der Waals surface area contributed by atoms with E-state index in [1.807, 2.05) is 48.5 Å². The number of benzene rings is 5. The maximum Gasteiger partial charge on any atom is 0.0489 e. The fourth-order valence-corrected chi connectivity index (χ4v) is 12.2. The van der Waals surface area contributed by atoms with Gasteiger partial charge in [-0.15, -0.1) is 0 Å². The molecule has 0 bridgehead atoms. The Balaban J connectivity index is 1.62. The molecule has 1 aliphatic carbocycles. The zero-order chi connectivity index (χ0) is 29.9. The van der Waals surface area contributed by atoms with E-state index >= 15 is 0 Å². The maximum absolute atomic E-state index is 7.07. The molecule has 6 heteroatoms. The Labute approximate surface area is 276 Å². The van der Waals surface area contributed by atoms with E-state index < -0.39 is 15.8 Å². The average Bonchev–Trinajstić information content (AvgIpc) is 3.02. The molecule has 0 spiro atoms. The summed E-state index contributed by atoms with van der Waals surface area (Å²) in [7, 11) is -2.15. The first kappa shape index (κ1) is 30.6. The van der Waals surface area contributed by atoms with Gasteiger partial charge < -0.3 is 0 Å². The second-order valence-electron chi connectivity index (χ2n) is 10.4. The van der Waals surface area contributed by atoms with Crippen molar-refractivity contribution in [3.8, 4) is 11.1 Å². The molecule has 0 heterocycles. The summed E-state index contributed by atoms with van der Waals surface area (Å²) < 4.78 is 0. The summed E-state index contributed by atoms with van der Waals surface area (Å²) in [5, 5.41) is 9.88. The third-order valence-corrected chi connectivity index (χ3v) is 14.6. The lowest BCUT2D eigenvalue weighted by Gasteiger charge is -2.29. The van der Waals surface area contributed by atoms with Crippen LogP contribution in [0.25, 0.3) is 11.1 Å². The van der Waals surface area contributed by atoms with Crippen molar-refractivity contribution in [2.24, 2.45) is 5.92 Å². The Morgan fingerprint density at radius 2 is 0.860 bits per heavy atom. The van der Waals surface area contributed by atoms with Gasteiger partial charge in [-0.25, -0.2) is 0 Å². The molecule has 1 aliphatic rings. The van der Waals surface area contributed by atoms with Gasteiger partial charge in [-0.2, -0.15) is 0 Å². The van der Waals surface area contributed by atoms with Crippen molar-refractivity contribution >= 4 is 88.8 Å². The van der Waals surface area contributed by atoms with Crippen molar-refractivity contribution in [2.45, 2.75) is 13.3 Å². The van der Waals surface area contributed by atoms with Crippen LogP contribution in [-0.4, -0.2) is 0 Å². The van der Waals surface area contributed by atoms with Crippen molar-refractivity contribution in [3.05, 3.63) is 159 Å². The van der Waals surface area contributed by atoms with Crippen LogP contribution < -0.4 is 26.5 Å². The Morgan fingerprint density at radius 3 is 1.30 bits per heavy atom. The molecule has 6 rings (SSSR count). The zero-order valence-corrected chi connectivity index (χ0v) is 28.2. The molecular weight excluding hydrogens is 648 g/mol. The first-order valence-corrected chi connectivity index (χ1v) is 18.2. The predicted octanol–water partition coefficient (Wildman–Crippen LogP) is 10.6. The number of allylic oxidation sites excluding steroid dienone is 4. The molecule has 0 amide bonds. The smallest absolute Gasteiger partial charge is 0.0489 e. The van der Waals surface area contributed by atoms with Crippen LogP contribution in [0, 0.1) is 5.92 Å². The lowest BCUT2D eigenvalue weighted by atomic mass is 10.0. The Kier molecular flexibility index (Phi) is 9.76. The van der Waals surface area contributed by atoms with Gasteiger partial charge in [-0.05, 0) is 73.4 Å². The van der Waals surface area contributed by atoms with Crippen LogP contribution >= 0.6 is 62.2 Å². The minimum absolute atomic E-state index is 0.394. The van der Waals surface area contributed by atoms with Crippen LogP contribution in [0.15, 0.2) is 144 Å². The van der Waals surface area contributed by atoms with Gasteiger partial charge in [-0.3, -0.25) is 0 Å². The van der Waals surface area contributed by atoms with E-state index in [-0.39, 0.29) is 0 Å². The lowest BCUT2D eigenvalue weighted by molar-refractivity contribution is 0.726. The Bertz CT molecular complexity index is 1800. The SMILES string of the molecule is CC1C=CC(P(c2ccccc2Cl)c2ccccc2-c2ccccc2P(c2ccccc2Cl)c2ccccc2Cl)=C(Cl)C1. The number of hydrogen-bond acceptors (Lipinski definition) is 0. The van der Waals surface area contributed by atoms with Crippen molar-refractivity contribution < 1.29 is 0 Å². The van der Waals surface area contributed by atoms with Crippen molar-refractivity contribution in [3.63, 3.8) is 0 Å². The standard InChI is InChI=1S/C37H28Cl4P2/c1-25-22-23-37(31(41)24-25)43(36-21-11-6-16-30(36)40)33-18-8-3-13-27(33)26-12-2-7-17-32(26)42(34-19-9-4-14-28(34)38)35-20-10-5-15-29(35)39/h2-23,25H,24H2,1H3. The van der Waals surface area contributed by atoms with E-state index in [0.717, 1.165) is 58.9 Å². The van der Waals surface area contributed by atoms with Crippen LogP contribution in [-0.2, 0) is 0 Å². The van der Waals surface area contributed by atoms with Crippen molar-refractivity contribution in [1.82, 2.24) is 0 Å². The maximum atomic E-state index is 7.07. The lowest BCUT2D eigenvalue weighted by Crippen LogP contribution is -2.25. The number of rotatable bonds is 7. The van der Waals surface area contributed by atoms with Gasteiger partial charge in [0.15, 0.2) is 0 Å². The van der Waals surface area contributed by atoms with Crippen LogP contribution in [0.4, 0.5) is 0 Å². The van der Waals surface area contributed by atoms with E-state index in [9.17, 15) is 0 Å². The topological polar surface area (TPSA) is 0 Å². The molecule has 214 valence electrons. The quantitative estimate of drug-likeness (QED) is 0.151. The van der Waals surface area contributed by atoms with Gasteiger partial charge in [0, 0.05) is 36.0 Å². The summed E-state index contributed by atoms with van der Waals surface area (Å²) in [5.41, 5.74) is 2.30. The molecule has 0 saturated carbocycles. The second-order valence-corrected chi connectivity index (χ2v) is 16.3. The summed E-state index contributed by atoms with van der Waals surface area (Å²) >= 11 is 27.8. The highest BCUT2D eigenvalue weighted by molar-refractivity contribution is 7.80. The van der Waals surface area contributed by atoms with E-state index in [0.29, 0.717) is 5.92 Å². The molecule has 43 heavy (non-hydrogen) atoms. The Hall–Kier alpha value is -2.40. The minimum Gasteiger partial charge on any atom is -0.0884 e. The van der Waals surface area contributed by atoms with Crippen LogP contribution in [0.5, 0.6) is 0 Å². The highest BCUT2D eigenvalue weighted by Gasteiger charge is 2.29. The van der Waals surface area contributed by atoms with Gasteiger partial charge in [0.05, 0.1) is 0 Å². The minimum atomic E-state index is -1.09. The fourth-order valence-electron chi connectivity index (χ4n) is 5.47. The molecule has 5 aromatic carbocycles. The van der Waals surface area contributed by atoms with Gasteiger partial charge >= 0.3 is 0 Å². The molecule has 0 radical (unpaired) electrons. The third-order valence-electron chi connectivity index (χ3n) is 7.46. The van der Waals surface area contributed by atoms with E-state index in [2.05, 4.69) is 91.9 Å². The molecule has 5 aromatic rings. The van der Waals surface area contributed by atoms with Gasteiger partial charge in [0.2, 0.25) is 0 Å². The largest absolute Gasteiger partial charge is 0.0884 e. The molecule has 2 unspecified atom stereocenters. The summed E-state index contributed by atoms with van der Waals surface area (Å²) in [4.78, 5) is 0. The Morgan fingerprint density at radius 1 is 0.488 bits per heavy atom. The van der Waals surface area contributed by atoms with Crippen LogP contribution in [0.1, 0.15) is 13.3 Å². The van der Waals surface area contributed by atoms with Gasteiger partial charge in [0.1, 0.15) is 0 Å². The van der Waals surface area contributed by atoms with Gasteiger partial charge in [0.25, 0.3) is 0 Å². The van der Waals surface area contributed by atoms with Crippen LogP contribution in [0.2, 0.25) is 15.1 Å². The van der Waals surface area contributed by atoms with E-state index in [4.69, 9.17) is 46.4 Å². The molecule has 0 fully saturated rings. The van der Waals surface area contributed by atoms with Crippen LogP contribution in [0.3, 0.4) is 0 Å². The first-order chi connectivity index (χ1) is 20.9. The number of hydrogen-bond donors (Lipinski definition) is 0. The highest BCUT2D eigenvalue weighted by Crippen LogP contribution is 2.52. The average molecular weight is 676 g/mol. The monoisotopic (exact) mass is 674 g/mol. The third kappa shape index (κ3) is 6.39. The van der Waals surface area contributed by atoms with E-state index in [1.54, 1.807) is 0 Å². The molecule has 0 N–H and O–H groups in total. The zero-order valence-electron chi connectivity index (χ0n) is 23.4. The summed E-state index contributed by atoms with van der Waals surface area (Å²) in [6.45, 7) is 2.20. The van der Waals surface area contributed by atoms with Gasteiger partial charge in [-0.1, -0.05) is 169 Å². The molecule has 0 saturated heterocycles. The van der Waals surface area contributed by atoms with Crippen molar-refractivity contribution in [2.75, 3.05) is 0 Å². The summed E-state index contributed by atoms with van der Waals surface area (Å²) in [6.07, 6.45) is 5.30. The molecule has 2 atom stereocenters. The molecule has 0 nitrogen and oxygen atoms in total. The highest BCUT2D eigenvalue weighted by atomic mass is 35.5. The molecule has 0 aromatic heterocycles. The predicted molar refractivity (Wildman–Crippen MR) is 194 cm³/mol. The normalized spacial score (nSPS) is 15.6. The summed E-state index contributed by atoms with van der Waals surface area (Å²) in [5.74, 6) is 0.394. The number of halogens is 4. The van der Waals surface area contributed by atoms with Crippen molar-refractivity contribution in [1.29, 1.82) is 0 Å². The van der Waals surface area contributed by atoms with E-state index in [1.165, 1.54) is 10.6 Å². The second kappa shape index (κ2) is 13.7. The first-order valence-electron chi connectivity index (χ1n) is 14.0. The molecular formula is C37H28Cl4P2. The summed E-state index contributed by atoms with van der Waals surface area (Å²) in [6, 6.07) is 41.7.